The lowest BCUT2D eigenvalue weighted by molar-refractivity contribution is -0.165. The second kappa shape index (κ2) is 9.96. The molecule has 3 atom stereocenters. The van der Waals surface area contributed by atoms with Gasteiger partial charge in [-0.3, -0.25) is 4.79 Å². The van der Waals surface area contributed by atoms with Crippen molar-refractivity contribution in [1.82, 2.24) is 15.2 Å². The predicted octanol–water partition coefficient (Wildman–Crippen LogP) is 2.89. The molecule has 8 nitrogen and oxygen atoms in total. The summed E-state index contributed by atoms with van der Waals surface area (Å²) in [6.07, 6.45) is 1.53. The average Bonchev–Trinajstić information content (AvgIpc) is 2.73. The lowest BCUT2D eigenvalue weighted by Crippen LogP contribution is -2.68. The number of carbonyl (C=O) groups excluding carboxylic acids is 2. The van der Waals surface area contributed by atoms with Crippen LogP contribution >= 0.6 is 0 Å². The number of anilines is 1. The van der Waals surface area contributed by atoms with Crippen molar-refractivity contribution in [3.05, 3.63) is 59.3 Å². The van der Waals surface area contributed by atoms with Crippen LogP contribution in [0.15, 0.2) is 36.5 Å². The van der Waals surface area contributed by atoms with E-state index in [-0.39, 0.29) is 17.8 Å². The van der Waals surface area contributed by atoms with Crippen molar-refractivity contribution in [2.24, 2.45) is 5.92 Å². The molecule has 1 saturated heterocycles. The number of rotatable bonds is 5. The topological polar surface area (TPSA) is 126 Å². The van der Waals surface area contributed by atoms with Gasteiger partial charge in [0.25, 0.3) is 0 Å². The quantitative estimate of drug-likeness (QED) is 0.622. The summed E-state index contributed by atoms with van der Waals surface area (Å²) in [7, 11) is 0. The molecule has 1 aromatic carbocycles. The van der Waals surface area contributed by atoms with Gasteiger partial charge in [-0.1, -0.05) is 19.9 Å². The number of nitrogen functional groups attached to an aromatic ring is 1. The Balaban J connectivity index is 0.00000166. The molecule has 0 bridgehead atoms. The number of β-lactam (4-membered cyclic amide) rings is 1. The van der Waals surface area contributed by atoms with Crippen molar-refractivity contribution in [3.63, 3.8) is 0 Å². The van der Waals surface area contributed by atoms with Gasteiger partial charge in [-0.2, -0.15) is 0 Å². The van der Waals surface area contributed by atoms with E-state index in [0.717, 1.165) is 12.1 Å². The second-order valence-electron chi connectivity index (χ2n) is 6.74. The van der Waals surface area contributed by atoms with Gasteiger partial charge in [0, 0.05) is 6.20 Å². The van der Waals surface area contributed by atoms with Gasteiger partial charge >= 0.3 is 12.0 Å². The molecule has 0 spiro atoms. The first-order valence-electron chi connectivity index (χ1n) is 9.70. The average molecular weight is 434 g/mol. The zero-order chi connectivity index (χ0) is 23.3. The summed E-state index contributed by atoms with van der Waals surface area (Å²) in [5.41, 5.74) is 6.48. The molecule has 166 valence electrons. The minimum atomic E-state index is -1.35. The SMILES string of the molecule is CC.CC(NC(=O)N1C(=O)[C@H](Cc2ccnc(N)c2)C1C(=O)O)c1ccc(F)c(F)c1. The van der Waals surface area contributed by atoms with Crippen LogP contribution in [0.1, 0.15) is 37.9 Å². The standard InChI is InChI=1S/C19H18F2N4O4.C2H6/c1-9(11-2-3-13(20)14(21)8-11)24-19(29)25-16(18(27)28)12(17(25)26)6-10-4-5-23-15(22)7-10;1-2/h2-5,7-9,12,16H,6H2,1H3,(H2,22,23)(H,24,29)(H,27,28);1-2H3/t9?,12-,16?;/m1./s1. The molecule has 3 rings (SSSR count). The van der Waals surface area contributed by atoms with Crippen molar-refractivity contribution in [3.8, 4) is 0 Å². The molecule has 2 heterocycles. The van der Waals surface area contributed by atoms with Crippen LogP contribution in [-0.4, -0.2) is 38.9 Å². The number of benzene rings is 1. The first kappa shape index (κ1) is 23.7. The second-order valence-corrected chi connectivity index (χ2v) is 6.74. The first-order chi connectivity index (χ1) is 14.7. The fraction of sp³-hybridized carbons (Fsp3) is 0.333. The molecule has 2 aromatic rings. The molecule has 31 heavy (non-hydrogen) atoms. The number of nitrogens with one attached hydrogen (secondary N) is 1. The van der Waals surface area contributed by atoms with E-state index in [9.17, 15) is 28.3 Å². The number of aromatic nitrogens is 1. The fourth-order valence-corrected chi connectivity index (χ4v) is 3.25. The molecule has 0 saturated carbocycles. The summed E-state index contributed by atoms with van der Waals surface area (Å²) in [5, 5.41) is 11.9. The van der Waals surface area contributed by atoms with E-state index in [2.05, 4.69) is 10.3 Å². The largest absolute Gasteiger partial charge is 0.480 e. The maximum atomic E-state index is 13.4. The smallest absolute Gasteiger partial charge is 0.327 e. The van der Waals surface area contributed by atoms with E-state index in [0.29, 0.717) is 10.5 Å². The van der Waals surface area contributed by atoms with Crippen LogP contribution in [0.4, 0.5) is 19.4 Å². The maximum Gasteiger partial charge on any atom is 0.327 e. The van der Waals surface area contributed by atoms with Gasteiger partial charge in [0.15, 0.2) is 17.7 Å². The Labute approximate surface area is 178 Å². The third-order valence-electron chi connectivity index (χ3n) is 4.77. The number of hydrogen-bond donors (Lipinski definition) is 3. The Bertz CT molecular complexity index is 986. The molecule has 2 unspecified atom stereocenters. The predicted molar refractivity (Wildman–Crippen MR) is 109 cm³/mol. The highest BCUT2D eigenvalue weighted by molar-refractivity contribution is 6.07. The van der Waals surface area contributed by atoms with Gasteiger partial charge in [-0.15, -0.1) is 0 Å². The number of likely N-dealkylation sites (tertiary alicyclic amines) is 1. The molecule has 3 amide bonds. The van der Waals surface area contributed by atoms with E-state index >= 15 is 0 Å². The third kappa shape index (κ3) is 5.14. The Hall–Kier alpha value is -3.56. The van der Waals surface area contributed by atoms with Crippen molar-refractivity contribution < 1.29 is 28.3 Å². The van der Waals surface area contributed by atoms with E-state index < -0.39 is 47.5 Å². The number of hydrogen-bond acceptors (Lipinski definition) is 5. The van der Waals surface area contributed by atoms with E-state index in [1.54, 1.807) is 6.07 Å². The zero-order valence-electron chi connectivity index (χ0n) is 17.3. The zero-order valence-corrected chi connectivity index (χ0v) is 17.3. The van der Waals surface area contributed by atoms with Crippen LogP contribution in [0.5, 0.6) is 0 Å². The van der Waals surface area contributed by atoms with E-state index in [4.69, 9.17) is 5.73 Å². The van der Waals surface area contributed by atoms with Crippen LogP contribution < -0.4 is 11.1 Å². The van der Waals surface area contributed by atoms with Gasteiger partial charge in [0.2, 0.25) is 5.91 Å². The molecule has 1 fully saturated rings. The molecule has 1 aliphatic heterocycles. The number of carboxylic acid groups (broad SMARTS) is 1. The van der Waals surface area contributed by atoms with E-state index in [1.807, 2.05) is 13.8 Å². The van der Waals surface area contributed by atoms with Gasteiger partial charge in [0.1, 0.15) is 5.82 Å². The molecular formula is C21H24F2N4O4. The Morgan fingerprint density at radius 3 is 2.48 bits per heavy atom. The van der Waals surface area contributed by atoms with Crippen LogP contribution in [0.3, 0.4) is 0 Å². The lowest BCUT2D eigenvalue weighted by atomic mass is 9.82. The summed E-state index contributed by atoms with van der Waals surface area (Å²) in [6, 6.07) is 3.20. The molecule has 0 radical (unpaired) electrons. The first-order valence-corrected chi connectivity index (χ1v) is 9.70. The summed E-state index contributed by atoms with van der Waals surface area (Å²) in [6.45, 7) is 5.50. The number of nitrogens with zero attached hydrogens (tertiary/aromatic N) is 2. The number of carboxylic acids is 1. The van der Waals surface area contributed by atoms with Crippen molar-refractivity contribution in [2.75, 3.05) is 5.73 Å². The highest BCUT2D eigenvalue weighted by Crippen LogP contribution is 2.31. The molecular weight excluding hydrogens is 410 g/mol. The summed E-state index contributed by atoms with van der Waals surface area (Å²) in [4.78, 5) is 41.0. The Morgan fingerprint density at radius 1 is 1.23 bits per heavy atom. The number of aliphatic carboxylic acids is 1. The number of carbonyl (C=O) groups is 3. The van der Waals surface area contributed by atoms with Crippen molar-refractivity contribution in [2.45, 2.75) is 39.3 Å². The number of imide groups is 1. The molecule has 1 aliphatic rings. The Morgan fingerprint density at radius 2 is 1.90 bits per heavy atom. The minimum absolute atomic E-state index is 0.0883. The summed E-state index contributed by atoms with van der Waals surface area (Å²) < 4.78 is 26.4. The van der Waals surface area contributed by atoms with Crippen LogP contribution in [-0.2, 0) is 16.0 Å². The van der Waals surface area contributed by atoms with Crippen LogP contribution in [0.25, 0.3) is 0 Å². The normalized spacial score (nSPS) is 18.4. The summed E-state index contributed by atoms with van der Waals surface area (Å²) in [5.74, 6) is -4.79. The number of urea groups is 1. The van der Waals surface area contributed by atoms with Crippen molar-refractivity contribution in [1.29, 1.82) is 0 Å². The van der Waals surface area contributed by atoms with Gasteiger partial charge in [-0.25, -0.2) is 28.3 Å². The van der Waals surface area contributed by atoms with Crippen molar-refractivity contribution >= 4 is 23.7 Å². The van der Waals surface area contributed by atoms with Gasteiger partial charge in [0.05, 0.1) is 12.0 Å². The third-order valence-corrected chi connectivity index (χ3v) is 4.77. The molecule has 4 N–H and O–H groups in total. The summed E-state index contributed by atoms with van der Waals surface area (Å²) >= 11 is 0. The van der Waals surface area contributed by atoms with Gasteiger partial charge in [-0.05, 0) is 48.7 Å². The molecule has 10 heteroatoms. The van der Waals surface area contributed by atoms with Gasteiger partial charge < -0.3 is 16.2 Å². The number of amides is 3. The molecule has 1 aromatic heterocycles. The fourth-order valence-electron chi connectivity index (χ4n) is 3.25. The number of nitrogens with two attached hydrogens (primary N) is 1. The monoisotopic (exact) mass is 434 g/mol. The highest BCUT2D eigenvalue weighted by Gasteiger charge is 2.54. The Kier molecular flexibility index (Phi) is 7.62. The maximum absolute atomic E-state index is 13.4. The van der Waals surface area contributed by atoms with Crippen LogP contribution in [0.2, 0.25) is 0 Å². The molecule has 0 aliphatic carbocycles. The van der Waals surface area contributed by atoms with Crippen LogP contribution in [0, 0.1) is 17.6 Å². The minimum Gasteiger partial charge on any atom is -0.480 e. The lowest BCUT2D eigenvalue weighted by Gasteiger charge is -2.43. The highest BCUT2D eigenvalue weighted by atomic mass is 19.2. The number of pyridine rings is 1. The van der Waals surface area contributed by atoms with E-state index in [1.165, 1.54) is 25.3 Å². The number of halogens is 2.